The van der Waals surface area contributed by atoms with E-state index in [9.17, 15) is 4.79 Å². The van der Waals surface area contributed by atoms with Crippen molar-refractivity contribution in [2.24, 2.45) is 0 Å². The number of hydrogen-bond acceptors (Lipinski definition) is 2. The van der Waals surface area contributed by atoms with Gasteiger partial charge in [0.15, 0.2) is 0 Å². The molecule has 0 radical (unpaired) electrons. The molecule has 0 aliphatic carbocycles. The normalized spacial score (nSPS) is 24.7. The maximum absolute atomic E-state index is 10.5. The van der Waals surface area contributed by atoms with E-state index in [1.807, 2.05) is 6.92 Å². The Labute approximate surface area is 65.7 Å². The minimum Gasteiger partial charge on any atom is -0.495 e. The third kappa shape index (κ3) is 1.73. The molecular formula is C8H12O3. The number of allylic oxidation sites excluding steroid dienone is 1. The summed E-state index contributed by atoms with van der Waals surface area (Å²) in [4.78, 5) is 10.5. The van der Waals surface area contributed by atoms with Gasteiger partial charge in [0, 0.05) is 0 Å². The third-order valence-corrected chi connectivity index (χ3v) is 1.86. The van der Waals surface area contributed by atoms with Gasteiger partial charge in [0.1, 0.15) is 5.76 Å². The maximum Gasteiger partial charge on any atom is 0.334 e. The summed E-state index contributed by atoms with van der Waals surface area (Å²) in [6.07, 6.45) is 1.60. The van der Waals surface area contributed by atoms with E-state index in [4.69, 9.17) is 9.84 Å². The van der Waals surface area contributed by atoms with Gasteiger partial charge in [-0.3, -0.25) is 0 Å². The molecular weight excluding hydrogens is 144 g/mol. The van der Waals surface area contributed by atoms with Gasteiger partial charge in [-0.2, -0.15) is 0 Å². The highest BCUT2D eigenvalue weighted by Crippen LogP contribution is 2.22. The quantitative estimate of drug-likeness (QED) is 0.626. The summed E-state index contributed by atoms with van der Waals surface area (Å²) in [7, 11) is 0. The molecule has 0 unspecified atom stereocenters. The minimum atomic E-state index is -0.852. The van der Waals surface area contributed by atoms with E-state index in [0.717, 1.165) is 6.42 Å². The standard InChI is InChI=1S/C8H12O3/c1-5-3-4-7(8(9)10)6(2)11-5/h5H,3-4H2,1-2H3,(H,9,10)/t5-/m1/s1. The zero-order valence-electron chi connectivity index (χ0n) is 6.76. The van der Waals surface area contributed by atoms with E-state index >= 15 is 0 Å². The second-order valence-corrected chi connectivity index (χ2v) is 2.81. The summed E-state index contributed by atoms with van der Waals surface area (Å²) in [5, 5.41) is 8.66. The van der Waals surface area contributed by atoms with Gasteiger partial charge in [-0.15, -0.1) is 0 Å². The zero-order valence-corrected chi connectivity index (χ0v) is 6.76. The Morgan fingerprint density at radius 1 is 1.73 bits per heavy atom. The lowest BCUT2D eigenvalue weighted by Gasteiger charge is -2.22. The molecule has 0 spiro atoms. The van der Waals surface area contributed by atoms with Crippen LogP contribution in [0.2, 0.25) is 0 Å². The van der Waals surface area contributed by atoms with Crippen LogP contribution in [0, 0.1) is 0 Å². The van der Waals surface area contributed by atoms with E-state index in [1.165, 1.54) is 0 Å². The van der Waals surface area contributed by atoms with Gasteiger partial charge in [-0.25, -0.2) is 4.79 Å². The van der Waals surface area contributed by atoms with Gasteiger partial charge in [0.05, 0.1) is 11.7 Å². The van der Waals surface area contributed by atoms with Crippen molar-refractivity contribution in [1.29, 1.82) is 0 Å². The van der Waals surface area contributed by atoms with E-state index in [-0.39, 0.29) is 6.10 Å². The fraction of sp³-hybridized carbons (Fsp3) is 0.625. The molecule has 0 aromatic rings. The first-order valence-electron chi connectivity index (χ1n) is 3.71. The predicted octanol–water partition coefficient (Wildman–Crippen LogP) is 1.54. The molecule has 11 heavy (non-hydrogen) atoms. The topological polar surface area (TPSA) is 46.5 Å². The zero-order chi connectivity index (χ0) is 8.43. The Morgan fingerprint density at radius 2 is 2.36 bits per heavy atom. The minimum absolute atomic E-state index is 0.165. The van der Waals surface area contributed by atoms with Crippen LogP contribution in [-0.2, 0) is 9.53 Å². The molecule has 1 aliphatic rings. The monoisotopic (exact) mass is 156 g/mol. The third-order valence-electron chi connectivity index (χ3n) is 1.86. The van der Waals surface area contributed by atoms with E-state index in [1.54, 1.807) is 6.92 Å². The van der Waals surface area contributed by atoms with Gasteiger partial charge in [0.25, 0.3) is 0 Å². The molecule has 3 nitrogen and oxygen atoms in total. The lowest BCUT2D eigenvalue weighted by atomic mass is 10.0. The summed E-state index contributed by atoms with van der Waals surface area (Å²) in [5.74, 6) is -0.286. The van der Waals surface area contributed by atoms with Crippen LogP contribution in [0.1, 0.15) is 26.7 Å². The maximum atomic E-state index is 10.5. The van der Waals surface area contributed by atoms with Crippen molar-refractivity contribution in [2.45, 2.75) is 32.8 Å². The molecule has 0 saturated carbocycles. The molecule has 1 aliphatic heterocycles. The van der Waals surface area contributed by atoms with Crippen molar-refractivity contribution < 1.29 is 14.6 Å². The summed E-state index contributed by atoms with van der Waals surface area (Å²) in [6.45, 7) is 3.65. The Bertz CT molecular complexity index is 205. The Balaban J connectivity index is 2.78. The smallest absolute Gasteiger partial charge is 0.334 e. The van der Waals surface area contributed by atoms with Crippen molar-refractivity contribution in [1.82, 2.24) is 0 Å². The van der Waals surface area contributed by atoms with Crippen LogP contribution in [0.15, 0.2) is 11.3 Å². The van der Waals surface area contributed by atoms with E-state index in [0.29, 0.717) is 17.8 Å². The molecule has 1 rings (SSSR count). The molecule has 3 heteroatoms. The van der Waals surface area contributed by atoms with Crippen LogP contribution in [0.25, 0.3) is 0 Å². The Kier molecular flexibility index (Phi) is 2.17. The highest BCUT2D eigenvalue weighted by molar-refractivity contribution is 5.87. The molecule has 62 valence electrons. The van der Waals surface area contributed by atoms with Crippen LogP contribution in [0.4, 0.5) is 0 Å². The second kappa shape index (κ2) is 2.95. The second-order valence-electron chi connectivity index (χ2n) is 2.81. The average molecular weight is 156 g/mol. The predicted molar refractivity (Wildman–Crippen MR) is 40.1 cm³/mol. The van der Waals surface area contributed by atoms with Crippen LogP contribution >= 0.6 is 0 Å². The summed E-state index contributed by atoms with van der Waals surface area (Å²) < 4.78 is 5.26. The molecule has 0 aromatic heterocycles. The molecule has 0 bridgehead atoms. The number of carboxylic acids is 1. The van der Waals surface area contributed by atoms with E-state index in [2.05, 4.69) is 0 Å². The molecule has 0 aromatic carbocycles. The molecule has 0 amide bonds. The van der Waals surface area contributed by atoms with Gasteiger partial charge in [-0.05, 0) is 26.7 Å². The number of carboxylic acid groups (broad SMARTS) is 1. The summed E-state index contributed by atoms with van der Waals surface area (Å²) >= 11 is 0. The number of carbonyl (C=O) groups is 1. The van der Waals surface area contributed by atoms with Crippen LogP contribution in [0.3, 0.4) is 0 Å². The molecule has 1 atom stereocenters. The van der Waals surface area contributed by atoms with Crippen molar-refractivity contribution in [3.63, 3.8) is 0 Å². The summed E-state index contributed by atoms with van der Waals surface area (Å²) in [6, 6.07) is 0. The highest BCUT2D eigenvalue weighted by Gasteiger charge is 2.20. The molecule has 0 fully saturated rings. The summed E-state index contributed by atoms with van der Waals surface area (Å²) in [5.41, 5.74) is 0.420. The fourth-order valence-electron chi connectivity index (χ4n) is 1.21. The van der Waals surface area contributed by atoms with Gasteiger partial charge >= 0.3 is 5.97 Å². The SMILES string of the molecule is CC1=C(C(=O)O)CC[C@@H](C)O1. The van der Waals surface area contributed by atoms with Gasteiger partial charge in [0.2, 0.25) is 0 Å². The fourth-order valence-corrected chi connectivity index (χ4v) is 1.21. The number of ether oxygens (including phenoxy) is 1. The van der Waals surface area contributed by atoms with E-state index < -0.39 is 5.97 Å². The van der Waals surface area contributed by atoms with Crippen molar-refractivity contribution in [3.05, 3.63) is 11.3 Å². The number of hydrogen-bond donors (Lipinski definition) is 1. The van der Waals surface area contributed by atoms with Crippen molar-refractivity contribution in [2.75, 3.05) is 0 Å². The van der Waals surface area contributed by atoms with Gasteiger partial charge < -0.3 is 9.84 Å². The van der Waals surface area contributed by atoms with Crippen LogP contribution in [0.5, 0.6) is 0 Å². The first-order chi connectivity index (χ1) is 5.11. The Hall–Kier alpha value is -0.990. The molecule has 1 N–H and O–H groups in total. The molecule has 0 saturated heterocycles. The number of aliphatic carboxylic acids is 1. The largest absolute Gasteiger partial charge is 0.495 e. The lowest BCUT2D eigenvalue weighted by molar-refractivity contribution is -0.133. The molecule has 1 heterocycles. The first-order valence-corrected chi connectivity index (χ1v) is 3.71. The highest BCUT2D eigenvalue weighted by atomic mass is 16.5. The van der Waals surface area contributed by atoms with Crippen LogP contribution < -0.4 is 0 Å². The van der Waals surface area contributed by atoms with Crippen molar-refractivity contribution in [3.8, 4) is 0 Å². The number of rotatable bonds is 1. The lowest BCUT2D eigenvalue weighted by Crippen LogP contribution is -2.18. The first kappa shape index (κ1) is 8.11. The Morgan fingerprint density at radius 3 is 2.82 bits per heavy atom. The van der Waals surface area contributed by atoms with Crippen LogP contribution in [-0.4, -0.2) is 17.2 Å². The van der Waals surface area contributed by atoms with Crippen molar-refractivity contribution >= 4 is 5.97 Å². The average Bonchev–Trinajstić information content (AvgIpc) is 1.85. The van der Waals surface area contributed by atoms with Gasteiger partial charge in [-0.1, -0.05) is 0 Å².